The largest absolute Gasteiger partial charge is 0.416 e. The van der Waals surface area contributed by atoms with Crippen LogP contribution in [0.25, 0.3) is 0 Å². The van der Waals surface area contributed by atoms with E-state index >= 15 is 0 Å². The molecule has 0 radical (unpaired) electrons. The number of nitrogens with one attached hydrogen (secondary N) is 2. The van der Waals surface area contributed by atoms with Gasteiger partial charge in [0.25, 0.3) is 5.91 Å². The number of amides is 1. The SMILES string of the molecule is Cc1ccc(NC(=O)c2cnc(Nc3ccc(C(F)(F)F)cc3)cn2)c(C)c1. The second-order valence-electron chi connectivity index (χ2n) is 6.26. The Labute approximate surface area is 159 Å². The molecule has 144 valence electrons. The van der Waals surface area contributed by atoms with Gasteiger partial charge in [0, 0.05) is 11.4 Å². The molecule has 8 heteroatoms. The first-order valence-corrected chi connectivity index (χ1v) is 8.37. The summed E-state index contributed by atoms with van der Waals surface area (Å²) in [7, 11) is 0. The van der Waals surface area contributed by atoms with E-state index in [0.717, 1.165) is 23.3 Å². The summed E-state index contributed by atoms with van der Waals surface area (Å²) in [6, 6.07) is 10.2. The van der Waals surface area contributed by atoms with Crippen molar-refractivity contribution in [2.45, 2.75) is 20.0 Å². The van der Waals surface area contributed by atoms with E-state index in [-0.39, 0.29) is 5.69 Å². The third kappa shape index (κ3) is 4.64. The van der Waals surface area contributed by atoms with E-state index in [1.54, 1.807) is 0 Å². The van der Waals surface area contributed by atoms with Gasteiger partial charge in [-0.2, -0.15) is 13.2 Å². The van der Waals surface area contributed by atoms with Crippen LogP contribution in [0.15, 0.2) is 54.9 Å². The maximum absolute atomic E-state index is 12.6. The van der Waals surface area contributed by atoms with Crippen LogP contribution < -0.4 is 10.6 Å². The normalized spacial score (nSPS) is 11.2. The molecule has 0 spiro atoms. The molecule has 2 N–H and O–H groups in total. The molecule has 3 aromatic rings. The van der Waals surface area contributed by atoms with Crippen LogP contribution in [0.1, 0.15) is 27.2 Å². The molecule has 0 aliphatic rings. The van der Waals surface area contributed by atoms with Gasteiger partial charge in [-0.3, -0.25) is 4.79 Å². The number of rotatable bonds is 4. The topological polar surface area (TPSA) is 66.9 Å². The molecular weight excluding hydrogens is 369 g/mol. The standard InChI is InChI=1S/C20H17F3N4O/c1-12-3-8-16(13(2)9-12)27-19(28)17-10-25-18(11-24-17)26-15-6-4-14(5-7-15)20(21,22)23/h3-11H,1-2H3,(H,25,26)(H,27,28). The molecule has 0 aliphatic heterocycles. The zero-order chi connectivity index (χ0) is 20.3. The Morgan fingerprint density at radius 3 is 2.25 bits per heavy atom. The zero-order valence-electron chi connectivity index (χ0n) is 15.1. The molecule has 0 aliphatic carbocycles. The number of alkyl halides is 3. The Balaban J connectivity index is 1.66. The summed E-state index contributed by atoms with van der Waals surface area (Å²) in [6.45, 7) is 3.86. The first kappa shape index (κ1) is 19.3. The van der Waals surface area contributed by atoms with Gasteiger partial charge in [0.2, 0.25) is 0 Å². The molecule has 3 rings (SSSR count). The lowest BCUT2D eigenvalue weighted by Gasteiger charge is -2.10. The van der Waals surface area contributed by atoms with E-state index in [0.29, 0.717) is 17.2 Å². The monoisotopic (exact) mass is 386 g/mol. The molecule has 1 heterocycles. The second kappa shape index (κ2) is 7.67. The van der Waals surface area contributed by atoms with Crippen LogP contribution in [0, 0.1) is 13.8 Å². The smallest absolute Gasteiger partial charge is 0.339 e. The van der Waals surface area contributed by atoms with Crippen LogP contribution in [-0.4, -0.2) is 15.9 Å². The van der Waals surface area contributed by atoms with E-state index in [2.05, 4.69) is 20.6 Å². The quantitative estimate of drug-likeness (QED) is 0.654. The molecule has 5 nitrogen and oxygen atoms in total. The predicted molar refractivity (Wildman–Crippen MR) is 101 cm³/mol. The molecule has 0 bridgehead atoms. The lowest BCUT2D eigenvalue weighted by molar-refractivity contribution is -0.137. The minimum atomic E-state index is -4.39. The average Bonchev–Trinajstić information content (AvgIpc) is 2.64. The van der Waals surface area contributed by atoms with E-state index in [1.807, 2.05) is 32.0 Å². The van der Waals surface area contributed by atoms with E-state index in [9.17, 15) is 18.0 Å². The van der Waals surface area contributed by atoms with Crippen molar-refractivity contribution in [3.63, 3.8) is 0 Å². The van der Waals surface area contributed by atoms with Gasteiger partial charge in [-0.25, -0.2) is 9.97 Å². The number of nitrogens with zero attached hydrogens (tertiary/aromatic N) is 2. The Morgan fingerprint density at radius 2 is 1.68 bits per heavy atom. The first-order chi connectivity index (χ1) is 13.2. The minimum absolute atomic E-state index is 0.123. The van der Waals surface area contributed by atoms with Gasteiger partial charge < -0.3 is 10.6 Å². The summed E-state index contributed by atoms with van der Waals surface area (Å²) in [6.07, 6.45) is -1.75. The van der Waals surface area contributed by atoms with E-state index in [1.165, 1.54) is 24.5 Å². The van der Waals surface area contributed by atoms with Crippen LogP contribution in [0.4, 0.5) is 30.4 Å². The lowest BCUT2D eigenvalue weighted by atomic mass is 10.1. The molecule has 28 heavy (non-hydrogen) atoms. The molecule has 0 atom stereocenters. The molecule has 1 amide bonds. The maximum Gasteiger partial charge on any atom is 0.416 e. The Hall–Kier alpha value is -3.42. The summed E-state index contributed by atoms with van der Waals surface area (Å²) in [5, 5.41) is 5.62. The second-order valence-corrected chi connectivity index (χ2v) is 6.26. The van der Waals surface area contributed by atoms with Crippen molar-refractivity contribution in [2.75, 3.05) is 10.6 Å². The van der Waals surface area contributed by atoms with Crippen molar-refractivity contribution in [1.82, 2.24) is 9.97 Å². The Morgan fingerprint density at radius 1 is 0.964 bits per heavy atom. The number of hydrogen-bond acceptors (Lipinski definition) is 4. The van der Waals surface area contributed by atoms with Gasteiger partial charge >= 0.3 is 6.18 Å². The van der Waals surface area contributed by atoms with Crippen molar-refractivity contribution in [1.29, 1.82) is 0 Å². The fourth-order valence-electron chi connectivity index (χ4n) is 2.54. The number of carbonyl (C=O) groups excluding carboxylic acids is 1. The van der Waals surface area contributed by atoms with Crippen molar-refractivity contribution >= 4 is 23.1 Å². The van der Waals surface area contributed by atoms with Crippen LogP contribution in [-0.2, 0) is 6.18 Å². The lowest BCUT2D eigenvalue weighted by Crippen LogP contribution is -2.15. The van der Waals surface area contributed by atoms with Gasteiger partial charge in [-0.15, -0.1) is 0 Å². The van der Waals surface area contributed by atoms with Gasteiger partial charge in [0.15, 0.2) is 0 Å². The van der Waals surface area contributed by atoms with Gasteiger partial charge in [-0.1, -0.05) is 17.7 Å². The van der Waals surface area contributed by atoms with Crippen molar-refractivity contribution < 1.29 is 18.0 Å². The first-order valence-electron chi connectivity index (χ1n) is 8.37. The van der Waals surface area contributed by atoms with Gasteiger partial charge in [0.05, 0.1) is 18.0 Å². The van der Waals surface area contributed by atoms with Crippen LogP contribution in [0.5, 0.6) is 0 Å². The third-order valence-electron chi connectivity index (χ3n) is 4.00. The highest BCUT2D eigenvalue weighted by Gasteiger charge is 2.29. The number of anilines is 3. The van der Waals surface area contributed by atoms with Crippen LogP contribution >= 0.6 is 0 Å². The van der Waals surface area contributed by atoms with Crippen LogP contribution in [0.3, 0.4) is 0 Å². The predicted octanol–water partition coefficient (Wildman–Crippen LogP) is 5.11. The molecule has 0 fully saturated rings. The summed E-state index contributed by atoms with van der Waals surface area (Å²) in [5.41, 5.74) is 2.52. The highest BCUT2D eigenvalue weighted by atomic mass is 19.4. The van der Waals surface area contributed by atoms with Crippen molar-refractivity contribution in [2.24, 2.45) is 0 Å². The number of hydrogen-bond donors (Lipinski definition) is 2. The molecule has 0 unspecified atom stereocenters. The van der Waals surface area contributed by atoms with Gasteiger partial charge in [0.1, 0.15) is 11.5 Å². The third-order valence-corrected chi connectivity index (χ3v) is 4.00. The number of benzene rings is 2. The van der Waals surface area contributed by atoms with E-state index in [4.69, 9.17) is 0 Å². The van der Waals surface area contributed by atoms with E-state index < -0.39 is 17.6 Å². The molecule has 2 aromatic carbocycles. The summed E-state index contributed by atoms with van der Waals surface area (Å²) in [4.78, 5) is 20.5. The Kier molecular flexibility index (Phi) is 5.30. The summed E-state index contributed by atoms with van der Waals surface area (Å²) in [5.74, 6) is -0.0941. The molecule has 0 saturated heterocycles. The van der Waals surface area contributed by atoms with Crippen molar-refractivity contribution in [3.05, 3.63) is 77.2 Å². The van der Waals surface area contributed by atoms with Gasteiger partial charge in [-0.05, 0) is 49.7 Å². The average molecular weight is 386 g/mol. The van der Waals surface area contributed by atoms with Crippen LogP contribution in [0.2, 0.25) is 0 Å². The number of carbonyl (C=O) groups is 1. The fraction of sp³-hybridized carbons (Fsp3) is 0.150. The Bertz CT molecular complexity index is 984. The highest BCUT2D eigenvalue weighted by Crippen LogP contribution is 2.30. The van der Waals surface area contributed by atoms with Crippen molar-refractivity contribution in [3.8, 4) is 0 Å². The number of aromatic nitrogens is 2. The maximum atomic E-state index is 12.6. The molecule has 0 saturated carbocycles. The number of aryl methyl sites for hydroxylation is 2. The highest BCUT2D eigenvalue weighted by molar-refractivity contribution is 6.03. The minimum Gasteiger partial charge on any atom is -0.339 e. The summed E-state index contributed by atoms with van der Waals surface area (Å²) >= 11 is 0. The molecular formula is C20H17F3N4O. The zero-order valence-corrected chi connectivity index (χ0v) is 15.1. The number of halogens is 3. The fourth-order valence-corrected chi connectivity index (χ4v) is 2.54. The summed E-state index contributed by atoms with van der Waals surface area (Å²) < 4.78 is 37.8. The molecule has 1 aromatic heterocycles.